The van der Waals surface area contributed by atoms with Crippen LogP contribution in [0.2, 0.25) is 5.02 Å². The number of hydrogen-bond acceptors (Lipinski definition) is 4. The highest BCUT2D eigenvalue weighted by atomic mass is 35.5. The molecular formula is C17H12ClFN2O3. The van der Waals surface area contributed by atoms with Crippen molar-refractivity contribution in [2.75, 3.05) is 5.32 Å². The number of aromatic nitrogens is 1. The van der Waals surface area contributed by atoms with Crippen LogP contribution in [0.3, 0.4) is 0 Å². The van der Waals surface area contributed by atoms with E-state index in [9.17, 15) is 14.3 Å². The highest BCUT2D eigenvalue weighted by Crippen LogP contribution is 2.26. The average Bonchev–Trinajstić information content (AvgIpc) is 2.99. The van der Waals surface area contributed by atoms with Crippen molar-refractivity contribution in [3.63, 3.8) is 0 Å². The maximum atomic E-state index is 13.1. The normalized spacial score (nSPS) is 10.6. The van der Waals surface area contributed by atoms with Gasteiger partial charge in [-0.15, -0.1) is 0 Å². The van der Waals surface area contributed by atoms with E-state index < -0.39 is 17.5 Å². The van der Waals surface area contributed by atoms with Crippen LogP contribution >= 0.6 is 11.6 Å². The number of nitrogens with one attached hydrogen (secondary N) is 1. The first-order valence-electron chi connectivity index (χ1n) is 6.96. The molecule has 24 heavy (non-hydrogen) atoms. The summed E-state index contributed by atoms with van der Waals surface area (Å²) in [4.78, 5) is 12.2. The number of carbonyl (C=O) groups is 1. The van der Waals surface area contributed by atoms with Crippen LogP contribution in [0.15, 0.2) is 47.0 Å². The summed E-state index contributed by atoms with van der Waals surface area (Å²) in [5.41, 5.74) is 1.89. The van der Waals surface area contributed by atoms with Crippen LogP contribution in [0.1, 0.15) is 16.1 Å². The third kappa shape index (κ3) is 3.38. The fraction of sp³-hybridized carbons (Fsp3) is 0.0588. The van der Waals surface area contributed by atoms with Crippen LogP contribution in [0.5, 0.6) is 5.75 Å². The van der Waals surface area contributed by atoms with Crippen molar-refractivity contribution in [2.45, 2.75) is 6.92 Å². The Kier molecular flexibility index (Phi) is 4.22. The van der Waals surface area contributed by atoms with Crippen LogP contribution in [0.25, 0.3) is 11.3 Å². The van der Waals surface area contributed by atoms with Crippen LogP contribution in [0.4, 0.5) is 10.1 Å². The van der Waals surface area contributed by atoms with Crippen LogP contribution in [-0.4, -0.2) is 16.2 Å². The molecule has 0 spiro atoms. The molecule has 3 rings (SSSR count). The summed E-state index contributed by atoms with van der Waals surface area (Å²) in [5.74, 6) is -1.49. The molecule has 0 fully saturated rings. The second-order valence-electron chi connectivity index (χ2n) is 5.21. The van der Waals surface area contributed by atoms with E-state index in [1.54, 1.807) is 18.2 Å². The molecule has 3 aromatic rings. The molecular weight excluding hydrogens is 335 g/mol. The molecule has 1 amide bonds. The Morgan fingerprint density at radius 2 is 2.04 bits per heavy atom. The maximum absolute atomic E-state index is 13.1. The summed E-state index contributed by atoms with van der Waals surface area (Å²) in [5, 5.41) is 16.3. The van der Waals surface area contributed by atoms with E-state index in [-0.39, 0.29) is 11.5 Å². The molecule has 2 aromatic carbocycles. The number of aromatic hydroxyl groups is 1. The highest BCUT2D eigenvalue weighted by Gasteiger charge is 2.15. The lowest BCUT2D eigenvalue weighted by Crippen LogP contribution is -2.12. The van der Waals surface area contributed by atoms with Crippen molar-refractivity contribution < 1.29 is 18.8 Å². The number of hydrogen-bond donors (Lipinski definition) is 2. The fourth-order valence-electron chi connectivity index (χ4n) is 2.19. The molecule has 0 aliphatic rings. The second kappa shape index (κ2) is 6.33. The van der Waals surface area contributed by atoms with Gasteiger partial charge < -0.3 is 14.9 Å². The average molecular weight is 347 g/mol. The largest absolute Gasteiger partial charge is 0.505 e. The Hall–Kier alpha value is -2.86. The third-order valence-electron chi connectivity index (χ3n) is 3.27. The topological polar surface area (TPSA) is 75.4 Å². The lowest BCUT2D eigenvalue weighted by Gasteiger charge is -2.04. The van der Waals surface area contributed by atoms with Gasteiger partial charge in [-0.1, -0.05) is 16.8 Å². The van der Waals surface area contributed by atoms with E-state index in [4.69, 9.17) is 16.1 Å². The molecule has 0 aliphatic carbocycles. The highest BCUT2D eigenvalue weighted by molar-refractivity contribution is 6.31. The molecule has 0 saturated heterocycles. The number of nitrogens with zero attached hydrogens (tertiary/aromatic N) is 1. The zero-order valence-electron chi connectivity index (χ0n) is 12.5. The van der Waals surface area contributed by atoms with E-state index >= 15 is 0 Å². The predicted molar refractivity (Wildman–Crippen MR) is 87.7 cm³/mol. The summed E-state index contributed by atoms with van der Waals surface area (Å²) >= 11 is 5.95. The van der Waals surface area contributed by atoms with E-state index in [2.05, 4.69) is 10.5 Å². The zero-order chi connectivity index (χ0) is 17.3. The smallest absolute Gasteiger partial charge is 0.277 e. The molecule has 0 aliphatic heterocycles. The Morgan fingerprint density at radius 1 is 1.25 bits per heavy atom. The molecule has 2 N–H and O–H groups in total. The number of benzene rings is 2. The summed E-state index contributed by atoms with van der Waals surface area (Å²) < 4.78 is 18.2. The van der Waals surface area contributed by atoms with Crippen molar-refractivity contribution in [1.82, 2.24) is 5.16 Å². The number of anilines is 1. The summed E-state index contributed by atoms with van der Waals surface area (Å²) in [6.07, 6.45) is 0. The molecule has 0 saturated carbocycles. The Morgan fingerprint density at radius 3 is 2.75 bits per heavy atom. The standard InChI is InChI=1S/C17H12ClFN2O3/c1-9-4-11(18)7-12(5-9)20-17(23)14-8-16(24-21-14)10-2-3-13(19)15(22)6-10/h2-8,22H,1H3,(H,20,23). The number of aryl methyl sites for hydroxylation is 1. The fourth-order valence-corrected chi connectivity index (χ4v) is 2.48. The number of phenols is 1. The van der Waals surface area contributed by atoms with E-state index in [0.29, 0.717) is 16.3 Å². The van der Waals surface area contributed by atoms with Crippen molar-refractivity contribution >= 4 is 23.2 Å². The zero-order valence-corrected chi connectivity index (χ0v) is 13.3. The first-order valence-corrected chi connectivity index (χ1v) is 7.34. The van der Waals surface area contributed by atoms with Crippen molar-refractivity contribution in [3.05, 3.63) is 64.6 Å². The maximum Gasteiger partial charge on any atom is 0.277 e. The van der Waals surface area contributed by atoms with Gasteiger partial charge in [-0.25, -0.2) is 4.39 Å². The van der Waals surface area contributed by atoms with Gasteiger partial charge in [0.05, 0.1) is 0 Å². The van der Waals surface area contributed by atoms with Gasteiger partial charge in [-0.2, -0.15) is 0 Å². The quantitative estimate of drug-likeness (QED) is 0.737. The van der Waals surface area contributed by atoms with Gasteiger partial charge in [-0.05, 0) is 48.9 Å². The third-order valence-corrected chi connectivity index (χ3v) is 3.49. The van der Waals surface area contributed by atoms with Crippen LogP contribution < -0.4 is 5.32 Å². The van der Waals surface area contributed by atoms with Gasteiger partial charge >= 0.3 is 0 Å². The molecule has 0 bridgehead atoms. The van der Waals surface area contributed by atoms with Crippen molar-refractivity contribution in [2.24, 2.45) is 0 Å². The number of halogens is 2. The lowest BCUT2D eigenvalue weighted by molar-refractivity contribution is 0.101. The minimum Gasteiger partial charge on any atom is -0.505 e. The second-order valence-corrected chi connectivity index (χ2v) is 5.65. The number of amides is 1. The summed E-state index contributed by atoms with van der Waals surface area (Å²) in [6.45, 7) is 1.86. The van der Waals surface area contributed by atoms with Gasteiger partial charge in [0.25, 0.3) is 5.91 Å². The van der Waals surface area contributed by atoms with Crippen molar-refractivity contribution in [1.29, 1.82) is 0 Å². The first kappa shape index (κ1) is 16.0. The molecule has 1 aromatic heterocycles. The Balaban J connectivity index is 1.81. The minimum absolute atomic E-state index is 0.0476. The van der Waals surface area contributed by atoms with Crippen LogP contribution in [-0.2, 0) is 0 Å². The molecule has 0 radical (unpaired) electrons. The predicted octanol–water partition coefficient (Wildman–Crippen LogP) is 4.40. The lowest BCUT2D eigenvalue weighted by atomic mass is 10.1. The minimum atomic E-state index is -0.743. The summed E-state index contributed by atoms with van der Waals surface area (Å²) in [6, 6.07) is 10.3. The first-order chi connectivity index (χ1) is 11.4. The molecule has 1 heterocycles. The monoisotopic (exact) mass is 346 g/mol. The molecule has 7 heteroatoms. The molecule has 0 unspecified atom stereocenters. The van der Waals surface area contributed by atoms with Gasteiger partial charge in [0.15, 0.2) is 23.0 Å². The number of carbonyl (C=O) groups excluding carboxylic acids is 1. The van der Waals surface area contributed by atoms with Crippen LogP contribution in [0, 0.1) is 12.7 Å². The van der Waals surface area contributed by atoms with Crippen molar-refractivity contribution in [3.8, 4) is 17.1 Å². The van der Waals surface area contributed by atoms with E-state index in [0.717, 1.165) is 11.6 Å². The van der Waals surface area contributed by atoms with E-state index in [1.807, 2.05) is 6.92 Å². The molecule has 122 valence electrons. The van der Waals surface area contributed by atoms with E-state index in [1.165, 1.54) is 18.2 Å². The number of rotatable bonds is 3. The van der Waals surface area contributed by atoms with Gasteiger partial charge in [0.1, 0.15) is 0 Å². The Labute approximate surface area is 141 Å². The number of phenolic OH excluding ortho intramolecular Hbond substituents is 1. The van der Waals surface area contributed by atoms with Gasteiger partial charge in [-0.3, -0.25) is 4.79 Å². The Bertz CT molecular complexity index is 904. The van der Waals surface area contributed by atoms with Gasteiger partial charge in [0, 0.05) is 22.3 Å². The SMILES string of the molecule is Cc1cc(Cl)cc(NC(=O)c2cc(-c3ccc(F)c(O)c3)on2)c1. The summed E-state index contributed by atoms with van der Waals surface area (Å²) in [7, 11) is 0. The van der Waals surface area contributed by atoms with Gasteiger partial charge in [0.2, 0.25) is 0 Å². The molecule has 5 nitrogen and oxygen atoms in total. The molecule has 0 atom stereocenters.